The lowest BCUT2D eigenvalue weighted by molar-refractivity contribution is -0.119. The van der Waals surface area contributed by atoms with Crippen molar-refractivity contribution in [1.82, 2.24) is 21.3 Å². The van der Waals surface area contributed by atoms with E-state index in [1.54, 1.807) is 24.3 Å². The Morgan fingerprint density at radius 3 is 1.79 bits per heavy atom. The standard InChI is InChI=1S/C19H27BBr2N2O4.C15H20BBrClNO4.C4H11NO2/c1-13(2)9-14(20-27-7-5-23-6-8-28-20)10-16(25)12-24-19(26)17-11-15(21)3-4-18(17)22;1-9(2)5-10(16(22)23)6-12(20)8-19-15(21)13-7-11(18)3-4-14(13)17;6-3-1-5-2-4-7/h3-4,11,13-14,23H,5-10,12H2,1-2H3,(H,24,26);3-4,7,9-10,22-23H,5-6,8H2,1-2H3,(H,19,21);5-7H,1-4H2/t14-;10-;/m11./s1. The minimum Gasteiger partial charge on any atom is -0.427 e. The minimum absolute atomic E-state index is 0.00679. The number of halogens is 4. The summed E-state index contributed by atoms with van der Waals surface area (Å²) in [5.41, 5.74) is 0.825. The molecule has 0 unspecified atom stereocenters. The Morgan fingerprint density at radius 2 is 1.29 bits per heavy atom. The summed E-state index contributed by atoms with van der Waals surface area (Å²) in [5.74, 6) is -0.887. The molecule has 0 spiro atoms. The third-order valence-corrected chi connectivity index (χ3v) is 10.4. The fourth-order valence-electron chi connectivity index (χ4n) is 5.66. The number of ketones is 2. The monoisotopic (exact) mass is 1020 g/mol. The quantitative estimate of drug-likeness (QED) is 0.0671. The second-order valence-corrected chi connectivity index (χ2v) is 17.4. The maximum Gasteiger partial charge on any atom is 0.460 e. The van der Waals surface area contributed by atoms with E-state index in [0.717, 1.165) is 24.0 Å². The summed E-state index contributed by atoms with van der Waals surface area (Å²) in [4.78, 5) is 49.0. The number of aliphatic hydroxyl groups excluding tert-OH is 2. The molecule has 0 saturated carbocycles. The fourth-order valence-corrected chi connectivity index (χ4v) is 7.04. The van der Waals surface area contributed by atoms with Crippen LogP contribution >= 0.6 is 59.4 Å². The first-order chi connectivity index (χ1) is 27.5. The van der Waals surface area contributed by atoms with Gasteiger partial charge in [0, 0.05) is 82.3 Å². The normalized spacial score (nSPS) is 13.9. The Labute approximate surface area is 373 Å². The Hall–Kier alpha value is -1.74. The summed E-state index contributed by atoms with van der Waals surface area (Å²) in [6.07, 6.45) is 1.68. The zero-order valence-corrected chi connectivity index (χ0v) is 39.1. The van der Waals surface area contributed by atoms with Gasteiger partial charge >= 0.3 is 14.2 Å². The number of amides is 2. The van der Waals surface area contributed by atoms with E-state index in [1.807, 2.05) is 19.9 Å². The Balaban J connectivity index is 0.000000505. The molecule has 8 N–H and O–H groups in total. The molecule has 1 aliphatic rings. The van der Waals surface area contributed by atoms with Crippen LogP contribution in [0.25, 0.3) is 0 Å². The number of rotatable bonds is 20. The van der Waals surface area contributed by atoms with E-state index < -0.39 is 18.8 Å². The van der Waals surface area contributed by atoms with Crippen LogP contribution in [0.1, 0.15) is 74.1 Å². The summed E-state index contributed by atoms with van der Waals surface area (Å²) in [6.45, 7) is 12.0. The number of nitrogens with one attached hydrogen (secondary N) is 4. The fraction of sp³-hybridized carbons (Fsp3) is 0.579. The number of hydrogen-bond acceptors (Lipinski definition) is 12. The summed E-state index contributed by atoms with van der Waals surface area (Å²) in [5, 5.41) is 46.6. The molecular weight excluding hydrogens is 969 g/mol. The molecule has 2 atom stereocenters. The zero-order chi connectivity index (χ0) is 43.6. The van der Waals surface area contributed by atoms with Crippen molar-refractivity contribution >= 4 is 97.0 Å². The molecule has 58 heavy (non-hydrogen) atoms. The van der Waals surface area contributed by atoms with Gasteiger partial charge in [0.15, 0.2) is 11.6 Å². The first kappa shape index (κ1) is 54.3. The third kappa shape index (κ3) is 23.9. The SMILES string of the molecule is CC(C)C[C@H](CC(=O)CNC(=O)c1cc(Br)ccc1Br)B1OCCNCCO1.CC(C)C[C@H](CC(=O)CNC(=O)c1cc(Cl)ccc1Br)B(O)O.OCCNCCO. The van der Waals surface area contributed by atoms with Crippen LogP contribution in [0.2, 0.25) is 16.7 Å². The van der Waals surface area contributed by atoms with E-state index in [2.05, 4.69) is 82.9 Å². The van der Waals surface area contributed by atoms with Crippen molar-refractivity contribution < 1.29 is 48.7 Å². The molecule has 1 saturated heterocycles. The number of hydrogen-bond donors (Lipinski definition) is 8. The number of benzene rings is 2. The first-order valence-electron chi connectivity index (χ1n) is 19.2. The van der Waals surface area contributed by atoms with Gasteiger partial charge in [-0.2, -0.15) is 0 Å². The lowest BCUT2D eigenvalue weighted by Crippen LogP contribution is -2.40. The van der Waals surface area contributed by atoms with Gasteiger partial charge in [0.2, 0.25) is 0 Å². The molecule has 1 aliphatic heterocycles. The number of carbonyl (C=O) groups is 4. The first-order valence-corrected chi connectivity index (χ1v) is 22.0. The van der Waals surface area contributed by atoms with Gasteiger partial charge in [0.05, 0.1) is 37.4 Å². The van der Waals surface area contributed by atoms with E-state index >= 15 is 0 Å². The Morgan fingerprint density at radius 1 is 0.793 bits per heavy atom. The van der Waals surface area contributed by atoms with E-state index in [4.69, 9.17) is 31.1 Å². The van der Waals surface area contributed by atoms with Gasteiger partial charge in [0.1, 0.15) is 0 Å². The maximum absolute atomic E-state index is 12.6. The maximum atomic E-state index is 12.6. The van der Waals surface area contributed by atoms with E-state index in [9.17, 15) is 29.2 Å². The van der Waals surface area contributed by atoms with Gasteiger partial charge in [-0.05, 0) is 92.9 Å². The summed E-state index contributed by atoms with van der Waals surface area (Å²) in [7, 11) is -1.93. The average Bonchev–Trinajstić information content (AvgIpc) is 3.14. The largest absolute Gasteiger partial charge is 0.460 e. The molecule has 1 heterocycles. The van der Waals surface area contributed by atoms with Crippen molar-refractivity contribution in [2.75, 3.05) is 65.7 Å². The molecule has 2 amide bonds. The van der Waals surface area contributed by atoms with Gasteiger partial charge in [-0.25, -0.2) is 0 Å². The second-order valence-electron chi connectivity index (χ2n) is 14.3. The molecule has 1 fully saturated rings. The van der Waals surface area contributed by atoms with E-state index in [1.165, 1.54) is 6.07 Å². The Kier molecular flexibility index (Phi) is 29.2. The lowest BCUT2D eigenvalue weighted by atomic mass is 9.65. The highest BCUT2D eigenvalue weighted by atomic mass is 79.9. The van der Waals surface area contributed by atoms with Crippen molar-refractivity contribution in [2.45, 2.75) is 65.0 Å². The van der Waals surface area contributed by atoms with E-state index in [0.29, 0.717) is 70.2 Å². The predicted molar refractivity (Wildman–Crippen MR) is 239 cm³/mol. The zero-order valence-electron chi connectivity index (χ0n) is 33.6. The van der Waals surface area contributed by atoms with Crippen LogP contribution in [0, 0.1) is 11.8 Å². The third-order valence-electron chi connectivity index (χ3n) is 8.27. The van der Waals surface area contributed by atoms with Crippen molar-refractivity contribution in [3.05, 3.63) is 66.0 Å². The molecule has 0 aromatic heterocycles. The van der Waals surface area contributed by atoms with Crippen molar-refractivity contribution in [1.29, 1.82) is 0 Å². The van der Waals surface area contributed by atoms with Crippen LogP contribution in [0.4, 0.5) is 0 Å². The summed E-state index contributed by atoms with van der Waals surface area (Å²) >= 11 is 15.8. The van der Waals surface area contributed by atoms with E-state index in [-0.39, 0.29) is 69.1 Å². The van der Waals surface area contributed by atoms with Crippen LogP contribution in [-0.2, 0) is 18.9 Å². The Bertz CT molecular complexity index is 1540. The molecule has 0 aliphatic carbocycles. The highest BCUT2D eigenvalue weighted by molar-refractivity contribution is 9.11. The lowest BCUT2D eigenvalue weighted by Gasteiger charge is -2.26. The molecule has 3 rings (SSSR count). The molecule has 2 aromatic rings. The van der Waals surface area contributed by atoms with Gasteiger partial charge in [-0.15, -0.1) is 0 Å². The van der Waals surface area contributed by atoms with Crippen LogP contribution < -0.4 is 21.3 Å². The van der Waals surface area contributed by atoms with Crippen molar-refractivity contribution in [3.8, 4) is 0 Å². The van der Waals surface area contributed by atoms with Crippen LogP contribution in [-0.4, -0.2) is 124 Å². The topological polar surface area (TPSA) is 216 Å². The number of carbonyl (C=O) groups excluding carboxylic acids is 4. The minimum atomic E-state index is -1.54. The molecular formula is C38H58B2Br3ClN4O10. The molecule has 20 heteroatoms. The highest BCUT2D eigenvalue weighted by Crippen LogP contribution is 2.28. The van der Waals surface area contributed by atoms with Crippen LogP contribution in [0.3, 0.4) is 0 Å². The molecule has 2 aromatic carbocycles. The molecule has 0 radical (unpaired) electrons. The smallest absolute Gasteiger partial charge is 0.427 e. The van der Waals surface area contributed by atoms with Gasteiger partial charge < -0.3 is 50.8 Å². The molecule has 324 valence electrons. The van der Waals surface area contributed by atoms with Crippen LogP contribution in [0.15, 0.2) is 49.8 Å². The highest BCUT2D eigenvalue weighted by Gasteiger charge is 2.33. The summed E-state index contributed by atoms with van der Waals surface area (Å²) in [6, 6.07) is 10.2. The van der Waals surface area contributed by atoms with Gasteiger partial charge in [-0.1, -0.05) is 55.2 Å². The molecule has 0 bridgehead atoms. The van der Waals surface area contributed by atoms with Gasteiger partial charge in [0.25, 0.3) is 11.8 Å². The van der Waals surface area contributed by atoms with Crippen molar-refractivity contribution in [2.24, 2.45) is 11.8 Å². The number of aliphatic hydroxyl groups is 2. The number of Topliss-reactive ketones (excluding diaryl/α,β-unsaturated/α-hetero) is 2. The average molecular weight is 1030 g/mol. The van der Waals surface area contributed by atoms with Crippen LogP contribution in [0.5, 0.6) is 0 Å². The van der Waals surface area contributed by atoms with Gasteiger partial charge in [-0.3, -0.25) is 19.2 Å². The molecule has 14 nitrogen and oxygen atoms in total. The van der Waals surface area contributed by atoms with Crippen molar-refractivity contribution in [3.63, 3.8) is 0 Å². The predicted octanol–water partition coefficient (Wildman–Crippen LogP) is 4.68. The second kappa shape index (κ2) is 31.2. The summed E-state index contributed by atoms with van der Waals surface area (Å²) < 4.78 is 13.7.